The molecule has 1 N–H and O–H groups in total. The fourth-order valence-corrected chi connectivity index (χ4v) is 2.80. The second-order valence-electron chi connectivity index (χ2n) is 3.90. The molecule has 0 amide bonds. The molecule has 0 fully saturated rings. The van der Waals surface area contributed by atoms with Crippen LogP contribution in [0.3, 0.4) is 0 Å². The van der Waals surface area contributed by atoms with Gasteiger partial charge in [-0.05, 0) is 35.8 Å². The number of hydrogen-bond donors (Lipinski definition) is 1. The van der Waals surface area contributed by atoms with Gasteiger partial charge in [-0.3, -0.25) is 0 Å². The van der Waals surface area contributed by atoms with Gasteiger partial charge in [0.05, 0.1) is 5.60 Å². The lowest BCUT2D eigenvalue weighted by atomic mass is 10.1. The summed E-state index contributed by atoms with van der Waals surface area (Å²) in [5.74, 6) is 0. The molecule has 0 saturated carbocycles. The van der Waals surface area contributed by atoms with Gasteiger partial charge in [-0.1, -0.05) is 11.6 Å². The van der Waals surface area contributed by atoms with E-state index in [0.717, 1.165) is 21.9 Å². The first-order valence-corrected chi connectivity index (χ1v) is 6.63. The zero-order valence-corrected chi connectivity index (χ0v) is 12.2. The average molecular weight is 313 g/mol. The van der Waals surface area contributed by atoms with Crippen molar-refractivity contribution in [1.29, 1.82) is 0 Å². The summed E-state index contributed by atoms with van der Waals surface area (Å²) in [7, 11) is 1.72. The molecule has 0 saturated heterocycles. The van der Waals surface area contributed by atoms with E-state index in [1.165, 1.54) is 4.88 Å². The summed E-state index contributed by atoms with van der Waals surface area (Å²) in [6, 6.07) is 2.04. The molecule has 1 heterocycles. The summed E-state index contributed by atoms with van der Waals surface area (Å²) in [6.45, 7) is 5.74. The van der Waals surface area contributed by atoms with Crippen LogP contribution in [-0.2, 0) is 11.3 Å². The Morgan fingerprint density at radius 1 is 1.60 bits per heavy atom. The largest absolute Gasteiger partial charge is 0.377 e. The van der Waals surface area contributed by atoms with Crippen molar-refractivity contribution < 1.29 is 4.74 Å². The Balaban J connectivity index is 2.38. The lowest BCUT2D eigenvalue weighted by Crippen LogP contribution is -2.36. The van der Waals surface area contributed by atoms with E-state index < -0.39 is 0 Å². The first kappa shape index (κ1) is 13.5. The molecule has 0 unspecified atom stereocenters. The number of methoxy groups -OCH3 is 1. The number of hydrogen-bond acceptors (Lipinski definition) is 3. The van der Waals surface area contributed by atoms with Crippen LogP contribution < -0.4 is 5.32 Å². The third-order valence-electron chi connectivity index (χ3n) is 2.10. The van der Waals surface area contributed by atoms with E-state index in [1.54, 1.807) is 18.4 Å². The van der Waals surface area contributed by atoms with E-state index in [4.69, 9.17) is 16.3 Å². The standard InChI is InChI=1S/C10H15BrClNOS/c1-10(2,14-3)6-13-5-7-4-8(11)9(12)15-7/h4,13H,5-6H2,1-3H3. The van der Waals surface area contributed by atoms with Gasteiger partial charge in [0.25, 0.3) is 0 Å². The molecule has 0 aromatic carbocycles. The minimum absolute atomic E-state index is 0.127. The summed E-state index contributed by atoms with van der Waals surface area (Å²) in [6.07, 6.45) is 0. The van der Waals surface area contributed by atoms with Crippen LogP contribution in [0.1, 0.15) is 18.7 Å². The van der Waals surface area contributed by atoms with Crippen molar-refractivity contribution >= 4 is 38.9 Å². The lowest BCUT2D eigenvalue weighted by molar-refractivity contribution is 0.0231. The Morgan fingerprint density at radius 2 is 2.27 bits per heavy atom. The van der Waals surface area contributed by atoms with E-state index in [2.05, 4.69) is 35.1 Å². The molecule has 0 aliphatic heterocycles. The third-order valence-corrected chi connectivity index (χ3v) is 4.57. The SMILES string of the molecule is COC(C)(C)CNCc1cc(Br)c(Cl)s1. The predicted molar refractivity (Wildman–Crippen MR) is 69.8 cm³/mol. The van der Waals surface area contributed by atoms with Gasteiger partial charge in [0.1, 0.15) is 4.34 Å². The molecule has 2 nitrogen and oxygen atoms in total. The second-order valence-corrected chi connectivity index (χ2v) is 6.49. The van der Waals surface area contributed by atoms with E-state index >= 15 is 0 Å². The molecule has 0 bridgehead atoms. The smallest absolute Gasteiger partial charge is 0.107 e. The van der Waals surface area contributed by atoms with Gasteiger partial charge in [0.15, 0.2) is 0 Å². The van der Waals surface area contributed by atoms with Crippen LogP contribution in [0, 0.1) is 0 Å². The number of rotatable bonds is 5. The molecular weight excluding hydrogens is 298 g/mol. The van der Waals surface area contributed by atoms with E-state index in [9.17, 15) is 0 Å². The van der Waals surface area contributed by atoms with Gasteiger partial charge < -0.3 is 10.1 Å². The summed E-state index contributed by atoms with van der Waals surface area (Å²) in [5.41, 5.74) is -0.127. The Bertz CT molecular complexity index is 308. The Labute approximate surface area is 108 Å². The molecule has 86 valence electrons. The molecule has 1 rings (SSSR count). The Kier molecular flexibility index (Phi) is 5.06. The van der Waals surface area contributed by atoms with Crippen molar-refractivity contribution in [1.82, 2.24) is 5.32 Å². The Morgan fingerprint density at radius 3 is 2.73 bits per heavy atom. The summed E-state index contributed by atoms with van der Waals surface area (Å²) in [5, 5.41) is 3.34. The maximum Gasteiger partial charge on any atom is 0.107 e. The maximum absolute atomic E-state index is 5.94. The highest BCUT2D eigenvalue weighted by molar-refractivity contribution is 9.10. The number of halogens is 2. The maximum atomic E-state index is 5.94. The first-order chi connectivity index (χ1) is 6.94. The summed E-state index contributed by atoms with van der Waals surface area (Å²) >= 11 is 10.9. The number of thiophene rings is 1. The van der Waals surface area contributed by atoms with E-state index in [-0.39, 0.29) is 5.60 Å². The van der Waals surface area contributed by atoms with Crippen LogP contribution in [-0.4, -0.2) is 19.3 Å². The highest BCUT2D eigenvalue weighted by Gasteiger charge is 2.15. The van der Waals surface area contributed by atoms with Gasteiger partial charge in [-0.2, -0.15) is 0 Å². The molecule has 1 aromatic heterocycles. The van der Waals surface area contributed by atoms with Crippen LogP contribution in [0.2, 0.25) is 4.34 Å². The minimum atomic E-state index is -0.127. The molecular formula is C10H15BrClNOS. The minimum Gasteiger partial charge on any atom is -0.377 e. The number of nitrogens with one attached hydrogen (secondary N) is 1. The second kappa shape index (κ2) is 5.64. The van der Waals surface area contributed by atoms with Gasteiger partial charge in [0, 0.05) is 29.5 Å². The van der Waals surface area contributed by atoms with Crippen LogP contribution in [0.5, 0.6) is 0 Å². The van der Waals surface area contributed by atoms with Crippen molar-refractivity contribution in [2.45, 2.75) is 26.0 Å². The molecule has 0 atom stereocenters. The van der Waals surface area contributed by atoms with Crippen molar-refractivity contribution in [3.63, 3.8) is 0 Å². The van der Waals surface area contributed by atoms with Crippen molar-refractivity contribution in [2.75, 3.05) is 13.7 Å². The van der Waals surface area contributed by atoms with Gasteiger partial charge >= 0.3 is 0 Å². The highest BCUT2D eigenvalue weighted by Crippen LogP contribution is 2.31. The molecule has 0 aliphatic carbocycles. The Hall–Kier alpha value is 0.390. The zero-order valence-electron chi connectivity index (χ0n) is 9.06. The van der Waals surface area contributed by atoms with E-state index in [1.807, 2.05) is 6.07 Å². The lowest BCUT2D eigenvalue weighted by Gasteiger charge is -2.22. The molecule has 0 spiro atoms. The molecule has 1 aromatic rings. The van der Waals surface area contributed by atoms with Crippen molar-refractivity contribution in [2.24, 2.45) is 0 Å². The number of ether oxygens (including phenoxy) is 1. The quantitative estimate of drug-likeness (QED) is 0.895. The van der Waals surface area contributed by atoms with E-state index in [0.29, 0.717) is 0 Å². The van der Waals surface area contributed by atoms with Crippen LogP contribution in [0.15, 0.2) is 10.5 Å². The van der Waals surface area contributed by atoms with Crippen LogP contribution in [0.4, 0.5) is 0 Å². The van der Waals surface area contributed by atoms with Gasteiger partial charge in [-0.15, -0.1) is 11.3 Å². The zero-order chi connectivity index (χ0) is 11.5. The normalized spacial score (nSPS) is 12.1. The van der Waals surface area contributed by atoms with Crippen molar-refractivity contribution in [3.05, 3.63) is 19.8 Å². The predicted octanol–water partition coefficient (Wildman–Crippen LogP) is 3.68. The molecule has 5 heteroatoms. The fourth-order valence-electron chi connectivity index (χ4n) is 1.04. The molecule has 0 radical (unpaired) electrons. The fraction of sp³-hybridized carbons (Fsp3) is 0.600. The van der Waals surface area contributed by atoms with Crippen LogP contribution >= 0.6 is 38.9 Å². The van der Waals surface area contributed by atoms with Crippen LogP contribution in [0.25, 0.3) is 0 Å². The van der Waals surface area contributed by atoms with Crippen molar-refractivity contribution in [3.8, 4) is 0 Å². The first-order valence-electron chi connectivity index (χ1n) is 4.64. The average Bonchev–Trinajstić information content (AvgIpc) is 2.46. The van der Waals surface area contributed by atoms with Gasteiger partial charge in [-0.25, -0.2) is 0 Å². The molecule has 15 heavy (non-hydrogen) atoms. The monoisotopic (exact) mass is 311 g/mol. The summed E-state index contributed by atoms with van der Waals surface area (Å²) in [4.78, 5) is 1.22. The highest BCUT2D eigenvalue weighted by atomic mass is 79.9. The topological polar surface area (TPSA) is 21.3 Å². The van der Waals surface area contributed by atoms with Gasteiger partial charge in [0.2, 0.25) is 0 Å². The third kappa shape index (κ3) is 4.41. The summed E-state index contributed by atoms with van der Waals surface area (Å²) < 4.78 is 7.08. The molecule has 0 aliphatic rings.